The molecule has 1 aromatic heterocycles. The van der Waals surface area contributed by atoms with E-state index in [1.807, 2.05) is 32.4 Å². The number of Topliss-reactive ketones (excluding diaryl/α,β-unsaturated/α-hetero) is 1. The molecule has 0 atom stereocenters. The van der Waals surface area contributed by atoms with Gasteiger partial charge in [-0.1, -0.05) is 11.6 Å². The molecule has 1 heterocycles. The number of hydrogen-bond donors (Lipinski definition) is 0. The maximum Gasteiger partial charge on any atom is 0.344 e. The van der Waals surface area contributed by atoms with Crippen LogP contribution in [-0.4, -0.2) is 29.5 Å². The lowest BCUT2D eigenvalue weighted by Gasteiger charge is -2.09. The Labute approximate surface area is 146 Å². The molecule has 5 nitrogen and oxygen atoms in total. The number of benzene rings is 1. The zero-order chi connectivity index (χ0) is 17.9. The summed E-state index contributed by atoms with van der Waals surface area (Å²) < 4.78 is 12.3. The van der Waals surface area contributed by atoms with Gasteiger partial charge < -0.3 is 14.0 Å². The number of ketones is 1. The number of hydrogen-bond acceptors (Lipinski definition) is 4. The highest BCUT2D eigenvalue weighted by atomic mass is 35.5. The molecule has 1 aromatic carbocycles. The van der Waals surface area contributed by atoms with Crippen LogP contribution in [0.25, 0.3) is 0 Å². The third-order valence-corrected chi connectivity index (χ3v) is 4.16. The maximum atomic E-state index is 12.2. The van der Waals surface area contributed by atoms with E-state index in [0.717, 1.165) is 17.0 Å². The van der Waals surface area contributed by atoms with Crippen LogP contribution in [0.4, 0.5) is 0 Å². The van der Waals surface area contributed by atoms with Gasteiger partial charge in [-0.3, -0.25) is 4.79 Å². The van der Waals surface area contributed by atoms with Gasteiger partial charge in [-0.25, -0.2) is 4.79 Å². The molecule has 0 fully saturated rings. The Morgan fingerprint density at radius 1 is 1.12 bits per heavy atom. The van der Waals surface area contributed by atoms with Gasteiger partial charge >= 0.3 is 5.97 Å². The van der Waals surface area contributed by atoms with E-state index in [1.165, 1.54) is 0 Å². The van der Waals surface area contributed by atoms with Gasteiger partial charge in [0.1, 0.15) is 5.75 Å². The summed E-state index contributed by atoms with van der Waals surface area (Å²) in [5.41, 5.74) is 3.21. The number of carbonyl (C=O) groups is 2. The van der Waals surface area contributed by atoms with E-state index >= 15 is 0 Å². The molecular formula is C18H20ClNO4. The SMILES string of the molecule is Cc1cc(Cl)ccc1OCC(=O)OCC(=O)c1cc(C)n(C)c1C. The fraction of sp³-hybridized carbons (Fsp3) is 0.333. The number of aryl methyl sites for hydroxylation is 2. The molecule has 0 amide bonds. The van der Waals surface area contributed by atoms with Crippen LogP contribution in [0.5, 0.6) is 5.75 Å². The number of carbonyl (C=O) groups excluding carboxylic acids is 2. The summed E-state index contributed by atoms with van der Waals surface area (Å²) in [7, 11) is 1.88. The van der Waals surface area contributed by atoms with Crippen LogP contribution in [0.1, 0.15) is 27.3 Å². The monoisotopic (exact) mass is 349 g/mol. The van der Waals surface area contributed by atoms with E-state index in [4.69, 9.17) is 21.1 Å². The van der Waals surface area contributed by atoms with Crippen LogP contribution in [0.2, 0.25) is 5.02 Å². The van der Waals surface area contributed by atoms with Crippen LogP contribution >= 0.6 is 11.6 Å². The first-order valence-electron chi connectivity index (χ1n) is 7.50. The Morgan fingerprint density at radius 2 is 1.83 bits per heavy atom. The standard InChI is InChI=1S/C18H20ClNO4/c1-11-7-14(19)5-6-17(11)23-10-18(22)24-9-16(21)15-8-12(2)20(4)13(15)3/h5-8H,9-10H2,1-4H3. The summed E-state index contributed by atoms with van der Waals surface area (Å²) in [5.74, 6) is -0.271. The molecule has 0 saturated heterocycles. The second-order valence-electron chi connectivity index (χ2n) is 5.63. The first kappa shape index (κ1) is 18.1. The zero-order valence-corrected chi connectivity index (χ0v) is 14.9. The molecule has 2 aromatic rings. The van der Waals surface area contributed by atoms with Gasteiger partial charge in [0.15, 0.2) is 13.2 Å². The molecule has 0 radical (unpaired) electrons. The molecule has 0 N–H and O–H groups in total. The predicted molar refractivity (Wildman–Crippen MR) is 91.9 cm³/mol. The molecule has 128 valence electrons. The van der Waals surface area contributed by atoms with E-state index in [2.05, 4.69) is 0 Å². The van der Waals surface area contributed by atoms with Crippen LogP contribution in [0.3, 0.4) is 0 Å². The summed E-state index contributed by atoms with van der Waals surface area (Å²) in [4.78, 5) is 23.9. The lowest BCUT2D eigenvalue weighted by molar-refractivity contribution is -0.144. The summed E-state index contributed by atoms with van der Waals surface area (Å²) in [6.07, 6.45) is 0. The normalized spacial score (nSPS) is 10.5. The molecule has 0 aliphatic rings. The topological polar surface area (TPSA) is 57.5 Å². The Kier molecular flexibility index (Phi) is 5.67. The van der Waals surface area contributed by atoms with Crippen molar-refractivity contribution in [3.05, 3.63) is 51.8 Å². The average molecular weight is 350 g/mol. The smallest absolute Gasteiger partial charge is 0.344 e. The fourth-order valence-electron chi connectivity index (χ4n) is 2.31. The van der Waals surface area contributed by atoms with Crippen molar-refractivity contribution >= 4 is 23.4 Å². The Hall–Kier alpha value is -2.27. The van der Waals surface area contributed by atoms with Crippen molar-refractivity contribution in [1.82, 2.24) is 4.57 Å². The van der Waals surface area contributed by atoms with Gasteiger partial charge in [0, 0.05) is 29.0 Å². The van der Waals surface area contributed by atoms with Gasteiger partial charge in [0.2, 0.25) is 5.78 Å². The highest BCUT2D eigenvalue weighted by Gasteiger charge is 2.16. The van der Waals surface area contributed by atoms with Crippen LogP contribution < -0.4 is 4.74 Å². The van der Waals surface area contributed by atoms with Crippen LogP contribution in [0.15, 0.2) is 24.3 Å². The quantitative estimate of drug-likeness (QED) is 0.592. The van der Waals surface area contributed by atoms with Crippen molar-refractivity contribution in [2.45, 2.75) is 20.8 Å². The van der Waals surface area contributed by atoms with Gasteiger partial charge in [-0.2, -0.15) is 0 Å². The summed E-state index contributed by atoms with van der Waals surface area (Å²) >= 11 is 5.86. The molecule has 0 aliphatic carbocycles. The number of rotatable bonds is 6. The Balaban J connectivity index is 1.86. The van der Waals surface area contributed by atoms with E-state index in [9.17, 15) is 9.59 Å². The van der Waals surface area contributed by atoms with Crippen molar-refractivity contribution in [1.29, 1.82) is 0 Å². The molecule has 2 rings (SSSR count). The zero-order valence-electron chi connectivity index (χ0n) is 14.2. The molecule has 0 unspecified atom stereocenters. The first-order chi connectivity index (χ1) is 11.3. The molecule has 6 heteroatoms. The van der Waals surface area contributed by atoms with Gasteiger partial charge in [-0.15, -0.1) is 0 Å². The number of ether oxygens (including phenoxy) is 2. The molecule has 0 saturated carbocycles. The van der Waals surface area contributed by atoms with Gasteiger partial charge in [-0.05, 0) is 50.6 Å². The van der Waals surface area contributed by atoms with Crippen molar-refractivity contribution in [3.63, 3.8) is 0 Å². The second kappa shape index (κ2) is 7.53. The lowest BCUT2D eigenvalue weighted by Crippen LogP contribution is -2.20. The van der Waals surface area contributed by atoms with Crippen molar-refractivity contribution in [2.75, 3.05) is 13.2 Å². The molecule has 0 spiro atoms. The number of aromatic nitrogens is 1. The second-order valence-corrected chi connectivity index (χ2v) is 6.06. The van der Waals surface area contributed by atoms with E-state index < -0.39 is 5.97 Å². The summed E-state index contributed by atoms with van der Waals surface area (Å²) in [5, 5.41) is 0.599. The van der Waals surface area contributed by atoms with E-state index in [1.54, 1.807) is 24.3 Å². The summed E-state index contributed by atoms with van der Waals surface area (Å²) in [6.45, 7) is 5.04. The lowest BCUT2D eigenvalue weighted by atomic mass is 10.1. The summed E-state index contributed by atoms with van der Waals surface area (Å²) in [6, 6.07) is 6.90. The Bertz CT molecular complexity index is 780. The van der Waals surface area contributed by atoms with Crippen molar-refractivity contribution < 1.29 is 19.1 Å². The first-order valence-corrected chi connectivity index (χ1v) is 7.88. The number of nitrogens with zero attached hydrogens (tertiary/aromatic N) is 1. The fourth-order valence-corrected chi connectivity index (χ4v) is 2.54. The van der Waals surface area contributed by atoms with Crippen LogP contribution in [-0.2, 0) is 16.6 Å². The predicted octanol–water partition coefficient (Wildman–Crippen LogP) is 3.41. The third-order valence-electron chi connectivity index (χ3n) is 3.92. The number of halogens is 1. The molecule has 24 heavy (non-hydrogen) atoms. The third kappa shape index (κ3) is 4.17. The minimum absolute atomic E-state index is 0.229. The Morgan fingerprint density at radius 3 is 2.42 bits per heavy atom. The van der Waals surface area contributed by atoms with E-state index in [0.29, 0.717) is 16.3 Å². The van der Waals surface area contributed by atoms with Gasteiger partial charge in [0.05, 0.1) is 0 Å². The average Bonchev–Trinajstić information content (AvgIpc) is 2.79. The van der Waals surface area contributed by atoms with Crippen molar-refractivity contribution in [2.24, 2.45) is 7.05 Å². The van der Waals surface area contributed by atoms with Gasteiger partial charge in [0.25, 0.3) is 0 Å². The van der Waals surface area contributed by atoms with Crippen molar-refractivity contribution in [3.8, 4) is 5.75 Å². The number of esters is 1. The minimum atomic E-state index is -0.594. The van der Waals surface area contributed by atoms with E-state index in [-0.39, 0.29) is 19.0 Å². The largest absolute Gasteiger partial charge is 0.482 e. The maximum absolute atomic E-state index is 12.2. The molecular weight excluding hydrogens is 330 g/mol. The minimum Gasteiger partial charge on any atom is -0.482 e. The van der Waals surface area contributed by atoms with Crippen LogP contribution in [0, 0.1) is 20.8 Å². The molecule has 0 bridgehead atoms. The highest BCUT2D eigenvalue weighted by molar-refractivity contribution is 6.30. The molecule has 0 aliphatic heterocycles. The highest BCUT2D eigenvalue weighted by Crippen LogP contribution is 2.21.